The highest BCUT2D eigenvalue weighted by molar-refractivity contribution is 7.15. The maximum absolute atomic E-state index is 14.3. The second-order valence-corrected chi connectivity index (χ2v) is 6.96. The summed E-state index contributed by atoms with van der Waals surface area (Å²) in [7, 11) is 0. The van der Waals surface area contributed by atoms with E-state index in [1.165, 1.54) is 17.5 Å². The van der Waals surface area contributed by atoms with Crippen molar-refractivity contribution in [1.82, 2.24) is 14.4 Å². The zero-order chi connectivity index (χ0) is 17.6. The van der Waals surface area contributed by atoms with Crippen LogP contribution >= 0.6 is 22.9 Å². The molecule has 3 aromatic heterocycles. The maximum Gasteiger partial charge on any atom is 0.196 e. The number of para-hydroxylation sites is 1. The molecule has 0 spiro atoms. The first kappa shape index (κ1) is 16.1. The molecule has 0 radical (unpaired) electrons. The Balaban J connectivity index is 1.97. The van der Waals surface area contributed by atoms with E-state index in [0.717, 1.165) is 21.9 Å². The van der Waals surface area contributed by atoms with Crippen molar-refractivity contribution in [3.63, 3.8) is 0 Å². The third kappa shape index (κ3) is 2.67. The number of pyridine rings is 1. The van der Waals surface area contributed by atoms with Crippen LogP contribution in [0.4, 0.5) is 15.9 Å². The number of rotatable bonds is 3. The van der Waals surface area contributed by atoms with Crippen LogP contribution in [-0.4, -0.2) is 14.4 Å². The van der Waals surface area contributed by atoms with E-state index in [9.17, 15) is 4.39 Å². The molecule has 0 fully saturated rings. The van der Waals surface area contributed by atoms with Crippen molar-refractivity contribution in [3.05, 3.63) is 64.1 Å². The lowest BCUT2D eigenvalue weighted by Gasteiger charge is -2.13. The number of aryl methyl sites for hydroxylation is 2. The summed E-state index contributed by atoms with van der Waals surface area (Å²) in [6.45, 7) is 3.96. The predicted molar refractivity (Wildman–Crippen MR) is 100 cm³/mol. The van der Waals surface area contributed by atoms with Crippen LogP contribution in [0.15, 0.2) is 42.0 Å². The average molecular weight is 373 g/mol. The Kier molecular flexibility index (Phi) is 3.94. The van der Waals surface area contributed by atoms with Crippen molar-refractivity contribution in [3.8, 4) is 11.3 Å². The monoisotopic (exact) mass is 372 g/mol. The maximum atomic E-state index is 14.3. The van der Waals surface area contributed by atoms with Crippen molar-refractivity contribution in [2.75, 3.05) is 5.32 Å². The number of nitrogens with one attached hydrogen (secondary N) is 1. The Morgan fingerprint density at radius 1 is 1.24 bits per heavy atom. The van der Waals surface area contributed by atoms with Gasteiger partial charge in [-0.3, -0.25) is 9.38 Å². The lowest BCUT2D eigenvalue weighted by atomic mass is 10.1. The van der Waals surface area contributed by atoms with Gasteiger partial charge in [0.15, 0.2) is 10.8 Å². The van der Waals surface area contributed by atoms with Gasteiger partial charge in [-0.2, -0.15) is 0 Å². The minimum atomic E-state index is -0.412. The molecule has 0 aliphatic carbocycles. The molecule has 4 aromatic rings. The molecule has 4 rings (SSSR count). The van der Waals surface area contributed by atoms with E-state index >= 15 is 0 Å². The number of halogens is 2. The van der Waals surface area contributed by atoms with Crippen molar-refractivity contribution in [2.45, 2.75) is 13.8 Å². The molecular weight excluding hydrogens is 359 g/mol. The number of anilines is 2. The summed E-state index contributed by atoms with van der Waals surface area (Å²) in [6.07, 6.45) is 2.75. The molecule has 1 N–H and O–H groups in total. The van der Waals surface area contributed by atoms with Crippen molar-refractivity contribution >= 4 is 39.4 Å². The highest BCUT2D eigenvalue weighted by atomic mass is 35.5. The molecule has 0 bridgehead atoms. The van der Waals surface area contributed by atoms with E-state index in [1.54, 1.807) is 12.3 Å². The number of hydrogen-bond acceptors (Lipinski definition) is 4. The molecule has 126 valence electrons. The van der Waals surface area contributed by atoms with Crippen LogP contribution in [-0.2, 0) is 0 Å². The summed E-state index contributed by atoms with van der Waals surface area (Å²) < 4.78 is 16.3. The summed E-state index contributed by atoms with van der Waals surface area (Å²) >= 11 is 7.88. The van der Waals surface area contributed by atoms with E-state index in [0.29, 0.717) is 22.1 Å². The Hall–Kier alpha value is -2.44. The zero-order valence-corrected chi connectivity index (χ0v) is 15.1. The fourth-order valence-electron chi connectivity index (χ4n) is 2.78. The number of benzene rings is 1. The van der Waals surface area contributed by atoms with Gasteiger partial charge in [-0.1, -0.05) is 23.7 Å². The van der Waals surface area contributed by atoms with Gasteiger partial charge in [-0.15, -0.1) is 11.3 Å². The number of fused-ring (bicyclic) bond motifs is 1. The van der Waals surface area contributed by atoms with E-state index in [2.05, 4.69) is 15.3 Å². The minimum Gasteiger partial charge on any atom is -0.338 e. The van der Waals surface area contributed by atoms with Crippen molar-refractivity contribution in [2.24, 2.45) is 0 Å². The van der Waals surface area contributed by atoms with Gasteiger partial charge in [0, 0.05) is 22.8 Å². The van der Waals surface area contributed by atoms with Crippen LogP contribution in [0.25, 0.3) is 16.2 Å². The van der Waals surface area contributed by atoms with Gasteiger partial charge < -0.3 is 5.32 Å². The van der Waals surface area contributed by atoms with Gasteiger partial charge in [-0.25, -0.2) is 9.37 Å². The summed E-state index contributed by atoms with van der Waals surface area (Å²) in [6, 6.07) is 7.32. The molecule has 4 nitrogen and oxygen atoms in total. The number of imidazole rings is 1. The molecule has 25 heavy (non-hydrogen) atoms. The Morgan fingerprint density at radius 2 is 2.08 bits per heavy atom. The van der Waals surface area contributed by atoms with Gasteiger partial charge >= 0.3 is 0 Å². The zero-order valence-electron chi connectivity index (χ0n) is 13.5. The third-order valence-corrected chi connectivity index (χ3v) is 5.29. The van der Waals surface area contributed by atoms with Crippen LogP contribution in [0, 0.1) is 19.7 Å². The Morgan fingerprint density at radius 3 is 2.84 bits per heavy atom. The van der Waals surface area contributed by atoms with Gasteiger partial charge in [0.25, 0.3) is 0 Å². The largest absolute Gasteiger partial charge is 0.338 e. The number of hydrogen-bond donors (Lipinski definition) is 1. The summed E-state index contributed by atoms with van der Waals surface area (Å²) in [5.74, 6) is 0.278. The second-order valence-electron chi connectivity index (χ2n) is 5.72. The first-order chi connectivity index (χ1) is 12.1. The summed E-state index contributed by atoms with van der Waals surface area (Å²) in [5.41, 5.74) is 3.73. The predicted octanol–water partition coefficient (Wildman–Crippen LogP) is 5.61. The molecule has 0 unspecified atom stereocenters. The average Bonchev–Trinajstić information content (AvgIpc) is 3.12. The van der Waals surface area contributed by atoms with E-state index in [-0.39, 0.29) is 0 Å². The molecule has 3 heterocycles. The van der Waals surface area contributed by atoms with E-state index < -0.39 is 5.82 Å². The van der Waals surface area contributed by atoms with Crippen LogP contribution in [0.3, 0.4) is 0 Å². The van der Waals surface area contributed by atoms with Crippen molar-refractivity contribution in [1.29, 1.82) is 0 Å². The molecule has 0 atom stereocenters. The fourth-order valence-corrected chi connectivity index (χ4v) is 3.91. The summed E-state index contributed by atoms with van der Waals surface area (Å²) in [5, 5.41) is 5.99. The van der Waals surface area contributed by atoms with Crippen LogP contribution in [0.1, 0.15) is 11.3 Å². The third-order valence-electron chi connectivity index (χ3n) is 4.03. The quantitative estimate of drug-likeness (QED) is 0.508. The second kappa shape index (κ2) is 6.13. The van der Waals surface area contributed by atoms with Gasteiger partial charge in [0.1, 0.15) is 11.5 Å². The number of aromatic nitrogens is 3. The van der Waals surface area contributed by atoms with E-state index in [1.807, 2.05) is 41.8 Å². The van der Waals surface area contributed by atoms with Crippen LogP contribution < -0.4 is 5.32 Å². The normalized spacial score (nSPS) is 11.2. The molecule has 1 aromatic carbocycles. The minimum absolute atomic E-state index is 0.400. The standard InChI is InChI=1S/C18H14ClFN4S/c1-10-4-3-5-13(19)15(10)22-17-16(12-6-7-21-8-14(12)20)23-18-24(17)11(2)9-25-18/h3-9,22H,1-2H3. The van der Waals surface area contributed by atoms with Crippen molar-refractivity contribution < 1.29 is 4.39 Å². The molecule has 0 aliphatic heterocycles. The number of thiazole rings is 1. The van der Waals surface area contributed by atoms with Gasteiger partial charge in [0.05, 0.1) is 16.9 Å². The van der Waals surface area contributed by atoms with Crippen LogP contribution in [0.5, 0.6) is 0 Å². The first-order valence-corrected chi connectivity index (χ1v) is 8.90. The number of nitrogens with zero attached hydrogens (tertiary/aromatic N) is 3. The van der Waals surface area contributed by atoms with Crippen LogP contribution in [0.2, 0.25) is 5.02 Å². The van der Waals surface area contributed by atoms with Gasteiger partial charge in [-0.05, 0) is 31.5 Å². The molecule has 0 aliphatic rings. The first-order valence-electron chi connectivity index (χ1n) is 7.65. The molecule has 0 saturated carbocycles. The Labute approximate surface area is 152 Å². The molecular formula is C18H14ClFN4S. The lowest BCUT2D eigenvalue weighted by Crippen LogP contribution is -2.00. The molecule has 0 saturated heterocycles. The fraction of sp³-hybridized carbons (Fsp3) is 0.111. The topological polar surface area (TPSA) is 42.2 Å². The Bertz CT molecular complexity index is 1070. The van der Waals surface area contributed by atoms with Gasteiger partial charge in [0.2, 0.25) is 0 Å². The summed E-state index contributed by atoms with van der Waals surface area (Å²) in [4.78, 5) is 9.24. The highest BCUT2D eigenvalue weighted by Gasteiger charge is 2.20. The smallest absolute Gasteiger partial charge is 0.196 e. The highest BCUT2D eigenvalue weighted by Crippen LogP contribution is 2.37. The van der Waals surface area contributed by atoms with E-state index in [4.69, 9.17) is 11.6 Å². The SMILES string of the molecule is Cc1cccc(Cl)c1Nc1c(-c2ccncc2F)nc2scc(C)n12. The lowest BCUT2D eigenvalue weighted by molar-refractivity contribution is 0.624. The molecule has 0 amide bonds. The molecule has 7 heteroatoms.